The number of hydrogen-bond acceptors (Lipinski definition) is 4. The maximum absolute atomic E-state index is 12.7. The minimum absolute atomic E-state index is 0.0265. The number of nitrogens with zero attached hydrogens (tertiary/aromatic N) is 2. The zero-order chi connectivity index (χ0) is 21.4. The van der Waals surface area contributed by atoms with Gasteiger partial charge in [-0.3, -0.25) is 9.59 Å². The molecular weight excluding hydrogens is 408 g/mol. The normalized spacial score (nSPS) is 13.4. The minimum Gasteiger partial charge on any atom is -0.327 e. The third-order valence-electron chi connectivity index (χ3n) is 5.29. The molecule has 0 unspecified atom stereocenters. The Morgan fingerprint density at radius 2 is 1.90 bits per heavy atom. The molecule has 0 saturated heterocycles. The molecule has 6 nitrogen and oxygen atoms in total. The van der Waals surface area contributed by atoms with Crippen LogP contribution in [0.15, 0.2) is 71.6 Å². The van der Waals surface area contributed by atoms with E-state index in [1.54, 1.807) is 23.9 Å². The van der Waals surface area contributed by atoms with Crippen LogP contribution in [-0.2, 0) is 11.8 Å². The SMILES string of the molecule is Cn1c(-c2ccc(NC(=O)c3ccc4c(c3)NC(=O)CCS4)cc2)nc2ccccc21. The molecule has 7 heteroatoms. The van der Waals surface area contributed by atoms with Crippen molar-refractivity contribution in [3.63, 3.8) is 0 Å². The van der Waals surface area contributed by atoms with Crippen molar-refractivity contribution in [2.24, 2.45) is 7.05 Å². The molecule has 0 aliphatic carbocycles. The quantitative estimate of drug-likeness (QED) is 0.485. The van der Waals surface area contributed by atoms with E-state index in [1.807, 2.05) is 61.6 Å². The Bertz CT molecular complexity index is 1310. The van der Waals surface area contributed by atoms with Gasteiger partial charge in [-0.15, -0.1) is 11.8 Å². The highest BCUT2D eigenvalue weighted by atomic mass is 32.2. The number of hydrogen-bond donors (Lipinski definition) is 2. The number of imidazole rings is 1. The van der Waals surface area contributed by atoms with Crippen LogP contribution in [-0.4, -0.2) is 27.1 Å². The number of nitrogens with one attached hydrogen (secondary N) is 2. The van der Waals surface area contributed by atoms with Gasteiger partial charge in [0, 0.05) is 40.9 Å². The highest BCUT2D eigenvalue weighted by molar-refractivity contribution is 7.99. The Morgan fingerprint density at radius 3 is 2.71 bits per heavy atom. The van der Waals surface area contributed by atoms with Crippen molar-refractivity contribution in [3.8, 4) is 11.4 Å². The Labute approximate surface area is 183 Å². The molecule has 2 amide bonds. The third-order valence-corrected chi connectivity index (χ3v) is 6.37. The van der Waals surface area contributed by atoms with Crippen LogP contribution in [0.4, 0.5) is 11.4 Å². The van der Waals surface area contributed by atoms with E-state index in [2.05, 4.69) is 15.2 Å². The third kappa shape index (κ3) is 3.80. The summed E-state index contributed by atoms with van der Waals surface area (Å²) in [5.41, 5.74) is 4.88. The lowest BCUT2D eigenvalue weighted by molar-refractivity contribution is -0.115. The van der Waals surface area contributed by atoms with Crippen LogP contribution in [0, 0.1) is 0 Å². The average Bonchev–Trinajstić information content (AvgIpc) is 2.99. The fraction of sp³-hybridized carbons (Fsp3) is 0.125. The lowest BCUT2D eigenvalue weighted by Gasteiger charge is -2.10. The molecule has 1 aliphatic heterocycles. The second-order valence-electron chi connectivity index (χ2n) is 7.37. The van der Waals surface area contributed by atoms with E-state index < -0.39 is 0 Å². The largest absolute Gasteiger partial charge is 0.327 e. The van der Waals surface area contributed by atoms with Gasteiger partial charge in [-0.1, -0.05) is 12.1 Å². The molecular formula is C24H20N4O2S. The lowest BCUT2D eigenvalue weighted by Crippen LogP contribution is -2.14. The number of aryl methyl sites for hydroxylation is 1. The summed E-state index contributed by atoms with van der Waals surface area (Å²) in [6.45, 7) is 0. The van der Waals surface area contributed by atoms with Gasteiger partial charge < -0.3 is 15.2 Å². The standard InChI is InChI=1S/C24H20N4O2S/c1-28-20-5-3-2-4-18(20)27-23(28)15-6-9-17(10-7-15)25-24(30)16-8-11-21-19(14-16)26-22(29)12-13-31-21/h2-11,14H,12-13H2,1H3,(H,25,30)(H,26,29). The highest BCUT2D eigenvalue weighted by Crippen LogP contribution is 2.32. The fourth-order valence-electron chi connectivity index (χ4n) is 3.67. The molecule has 1 aromatic heterocycles. The molecule has 0 bridgehead atoms. The van der Waals surface area contributed by atoms with Crippen molar-refractivity contribution < 1.29 is 9.59 Å². The Balaban J connectivity index is 1.35. The number of fused-ring (bicyclic) bond motifs is 2. The number of carbonyl (C=O) groups is 2. The highest BCUT2D eigenvalue weighted by Gasteiger charge is 2.16. The van der Waals surface area contributed by atoms with Crippen molar-refractivity contribution in [2.45, 2.75) is 11.3 Å². The number of aromatic nitrogens is 2. The summed E-state index contributed by atoms with van der Waals surface area (Å²) < 4.78 is 2.06. The summed E-state index contributed by atoms with van der Waals surface area (Å²) in [7, 11) is 2.00. The van der Waals surface area contributed by atoms with Crippen LogP contribution in [0.3, 0.4) is 0 Å². The summed E-state index contributed by atoms with van der Waals surface area (Å²) in [4.78, 5) is 30.3. The Morgan fingerprint density at radius 1 is 1.10 bits per heavy atom. The maximum atomic E-state index is 12.7. The van der Waals surface area contributed by atoms with Crippen LogP contribution in [0.25, 0.3) is 22.4 Å². The Hall–Kier alpha value is -3.58. The molecule has 0 radical (unpaired) electrons. The molecule has 0 fully saturated rings. The van der Waals surface area contributed by atoms with Crippen LogP contribution < -0.4 is 10.6 Å². The van der Waals surface area contributed by atoms with Gasteiger partial charge in [-0.2, -0.15) is 0 Å². The van der Waals surface area contributed by atoms with Gasteiger partial charge in [0.1, 0.15) is 5.82 Å². The second-order valence-corrected chi connectivity index (χ2v) is 8.51. The summed E-state index contributed by atoms with van der Waals surface area (Å²) in [6.07, 6.45) is 0.471. The Kier molecular flexibility index (Phi) is 4.95. The smallest absolute Gasteiger partial charge is 0.255 e. The number of carbonyl (C=O) groups excluding carboxylic acids is 2. The van der Waals surface area contributed by atoms with Gasteiger partial charge in [0.05, 0.1) is 16.7 Å². The van der Waals surface area contributed by atoms with E-state index in [4.69, 9.17) is 4.98 Å². The zero-order valence-electron chi connectivity index (χ0n) is 16.9. The number of rotatable bonds is 3. The first-order valence-corrected chi connectivity index (χ1v) is 11.0. The first kappa shape index (κ1) is 19.4. The molecule has 0 spiro atoms. The van der Waals surface area contributed by atoms with Gasteiger partial charge in [0.2, 0.25) is 5.91 Å². The molecule has 3 aromatic carbocycles. The zero-order valence-corrected chi connectivity index (χ0v) is 17.7. The van der Waals surface area contributed by atoms with Gasteiger partial charge in [0.25, 0.3) is 5.91 Å². The molecule has 5 rings (SSSR count). The van der Waals surface area contributed by atoms with Crippen molar-refractivity contribution in [1.82, 2.24) is 9.55 Å². The van der Waals surface area contributed by atoms with E-state index in [9.17, 15) is 9.59 Å². The van der Waals surface area contributed by atoms with Gasteiger partial charge >= 0.3 is 0 Å². The number of anilines is 2. The molecule has 154 valence electrons. The van der Waals surface area contributed by atoms with Crippen LogP contribution in [0.5, 0.6) is 0 Å². The van der Waals surface area contributed by atoms with E-state index in [0.717, 1.165) is 33.1 Å². The maximum Gasteiger partial charge on any atom is 0.255 e. The first-order valence-electron chi connectivity index (χ1n) is 9.98. The minimum atomic E-state index is -0.221. The number of benzene rings is 3. The molecule has 0 atom stereocenters. The van der Waals surface area contributed by atoms with Gasteiger partial charge in [-0.25, -0.2) is 4.98 Å². The van der Waals surface area contributed by atoms with Gasteiger partial charge in [0.15, 0.2) is 0 Å². The predicted octanol–water partition coefficient (Wildman–Crippen LogP) is 4.93. The molecule has 4 aromatic rings. The van der Waals surface area contributed by atoms with Crippen molar-refractivity contribution in [3.05, 3.63) is 72.3 Å². The summed E-state index contributed by atoms with van der Waals surface area (Å²) in [5.74, 6) is 1.36. The molecule has 0 saturated carbocycles. The van der Waals surface area contributed by atoms with E-state index in [-0.39, 0.29) is 11.8 Å². The van der Waals surface area contributed by atoms with Crippen molar-refractivity contribution in [2.75, 3.05) is 16.4 Å². The molecule has 2 heterocycles. The summed E-state index contributed by atoms with van der Waals surface area (Å²) in [5, 5.41) is 5.80. The fourth-order valence-corrected chi connectivity index (χ4v) is 4.61. The topological polar surface area (TPSA) is 76.0 Å². The molecule has 2 N–H and O–H groups in total. The van der Waals surface area contributed by atoms with Crippen LogP contribution >= 0.6 is 11.8 Å². The molecule has 1 aliphatic rings. The number of para-hydroxylation sites is 2. The second kappa shape index (κ2) is 7.92. The first-order chi connectivity index (χ1) is 15.1. The molecule has 31 heavy (non-hydrogen) atoms. The average molecular weight is 429 g/mol. The van der Waals surface area contributed by atoms with E-state index in [1.165, 1.54) is 0 Å². The monoisotopic (exact) mass is 428 g/mol. The van der Waals surface area contributed by atoms with Crippen LogP contribution in [0.2, 0.25) is 0 Å². The van der Waals surface area contributed by atoms with E-state index in [0.29, 0.717) is 23.4 Å². The van der Waals surface area contributed by atoms with Gasteiger partial charge in [-0.05, 0) is 54.6 Å². The number of thioether (sulfide) groups is 1. The number of amides is 2. The van der Waals surface area contributed by atoms with E-state index >= 15 is 0 Å². The summed E-state index contributed by atoms with van der Waals surface area (Å²) in [6, 6.07) is 21.0. The van der Waals surface area contributed by atoms with Crippen molar-refractivity contribution in [1.29, 1.82) is 0 Å². The van der Waals surface area contributed by atoms with Crippen molar-refractivity contribution >= 4 is 46.0 Å². The van der Waals surface area contributed by atoms with Crippen LogP contribution in [0.1, 0.15) is 16.8 Å². The summed E-state index contributed by atoms with van der Waals surface area (Å²) >= 11 is 1.62. The predicted molar refractivity (Wildman–Crippen MR) is 125 cm³/mol. The lowest BCUT2D eigenvalue weighted by atomic mass is 10.1.